The van der Waals surface area contributed by atoms with Crippen molar-refractivity contribution in [1.29, 1.82) is 0 Å². The molecule has 1 aromatic carbocycles. The van der Waals surface area contributed by atoms with Crippen molar-refractivity contribution >= 4 is 44.9 Å². The monoisotopic (exact) mass is 332 g/mol. The van der Waals surface area contributed by atoms with Gasteiger partial charge in [0.2, 0.25) is 0 Å². The quantitative estimate of drug-likeness (QED) is 0.491. The molecule has 2 aromatic heterocycles. The number of aromatic nitrogens is 2. The lowest BCUT2D eigenvalue weighted by Gasteiger charge is -2.04. The molecule has 5 heteroatoms. The van der Waals surface area contributed by atoms with E-state index in [1.807, 2.05) is 23.5 Å². The predicted molar refractivity (Wildman–Crippen MR) is 90.5 cm³/mol. The Kier molecular flexibility index (Phi) is 3.61. The first-order valence-corrected chi connectivity index (χ1v) is 9.12. The Morgan fingerprint density at radius 1 is 1.14 bits per heavy atom. The topological polar surface area (TPSA) is 25.8 Å². The second-order valence-corrected chi connectivity index (χ2v) is 7.62. The lowest BCUT2D eigenvalue weighted by molar-refractivity contribution is 0.915. The highest BCUT2D eigenvalue weighted by Gasteiger charge is 2.21. The van der Waals surface area contributed by atoms with Gasteiger partial charge in [0.1, 0.15) is 16.2 Å². The summed E-state index contributed by atoms with van der Waals surface area (Å²) in [7, 11) is 0. The van der Waals surface area contributed by atoms with Crippen LogP contribution in [-0.4, -0.2) is 9.97 Å². The van der Waals surface area contributed by atoms with E-state index in [0.717, 1.165) is 20.6 Å². The summed E-state index contributed by atoms with van der Waals surface area (Å²) in [5, 5.41) is 3.20. The minimum atomic E-state index is 0.781. The van der Waals surface area contributed by atoms with Crippen LogP contribution in [0, 0.1) is 0 Å². The molecule has 0 aliphatic heterocycles. The summed E-state index contributed by atoms with van der Waals surface area (Å²) in [6.07, 6.45) is 5.35. The number of benzene rings is 1. The van der Waals surface area contributed by atoms with Gasteiger partial charge < -0.3 is 0 Å². The minimum Gasteiger partial charge on any atom is -0.229 e. The molecule has 0 spiro atoms. The third kappa shape index (κ3) is 2.56. The molecule has 1 aliphatic rings. The molecule has 0 N–H and O–H groups in total. The van der Waals surface area contributed by atoms with E-state index in [1.54, 1.807) is 18.1 Å². The fourth-order valence-corrected chi connectivity index (χ4v) is 5.14. The Hall–Kier alpha value is -1.10. The third-order valence-corrected chi connectivity index (χ3v) is 6.27. The van der Waals surface area contributed by atoms with Crippen LogP contribution in [0.5, 0.6) is 0 Å². The van der Waals surface area contributed by atoms with Gasteiger partial charge in [0.25, 0.3) is 0 Å². The molecule has 3 aromatic rings. The number of hydrogen-bond donors (Lipinski definition) is 0. The van der Waals surface area contributed by atoms with Crippen molar-refractivity contribution in [2.45, 2.75) is 30.0 Å². The van der Waals surface area contributed by atoms with E-state index in [2.05, 4.69) is 22.1 Å². The molecule has 2 nitrogen and oxygen atoms in total. The standard InChI is InChI=1S/C16H13ClN2S2/c17-11-6-4-10(5-7-11)8-20-15-14-12-2-1-3-13(12)21-16(14)19-9-18-15/h4-7,9H,1-3,8H2. The largest absolute Gasteiger partial charge is 0.229 e. The van der Waals surface area contributed by atoms with Gasteiger partial charge in [-0.1, -0.05) is 23.7 Å². The minimum absolute atomic E-state index is 0.781. The number of nitrogens with zero attached hydrogens (tertiary/aromatic N) is 2. The van der Waals surface area contributed by atoms with Crippen LogP contribution in [0.1, 0.15) is 22.4 Å². The van der Waals surface area contributed by atoms with Crippen LogP contribution >= 0.6 is 34.7 Å². The molecule has 0 saturated carbocycles. The van der Waals surface area contributed by atoms with E-state index in [1.165, 1.54) is 40.7 Å². The van der Waals surface area contributed by atoms with E-state index < -0.39 is 0 Å². The maximum absolute atomic E-state index is 5.93. The molecule has 106 valence electrons. The van der Waals surface area contributed by atoms with Crippen LogP contribution in [0.4, 0.5) is 0 Å². The molecule has 21 heavy (non-hydrogen) atoms. The van der Waals surface area contributed by atoms with E-state index in [4.69, 9.17) is 11.6 Å². The van der Waals surface area contributed by atoms with Gasteiger partial charge >= 0.3 is 0 Å². The molecule has 2 heterocycles. The third-order valence-electron chi connectivity index (χ3n) is 3.76. The Morgan fingerprint density at radius 2 is 2.00 bits per heavy atom. The van der Waals surface area contributed by atoms with Gasteiger partial charge in [0.05, 0.1) is 0 Å². The zero-order chi connectivity index (χ0) is 14.2. The van der Waals surface area contributed by atoms with Crippen molar-refractivity contribution in [3.05, 3.63) is 51.6 Å². The van der Waals surface area contributed by atoms with Gasteiger partial charge in [-0.15, -0.1) is 23.1 Å². The van der Waals surface area contributed by atoms with Crippen LogP contribution in [0.3, 0.4) is 0 Å². The molecule has 0 saturated heterocycles. The molecule has 0 atom stereocenters. The van der Waals surface area contributed by atoms with E-state index in [-0.39, 0.29) is 0 Å². The maximum Gasteiger partial charge on any atom is 0.128 e. The van der Waals surface area contributed by atoms with Crippen LogP contribution < -0.4 is 0 Å². The highest BCUT2D eigenvalue weighted by atomic mass is 35.5. The molecular weight excluding hydrogens is 320 g/mol. The van der Waals surface area contributed by atoms with Gasteiger partial charge in [0.15, 0.2) is 0 Å². The number of hydrogen-bond acceptors (Lipinski definition) is 4. The van der Waals surface area contributed by atoms with E-state index >= 15 is 0 Å². The first-order chi connectivity index (χ1) is 10.3. The number of thiophene rings is 1. The first-order valence-electron chi connectivity index (χ1n) is 6.94. The molecule has 0 fully saturated rings. The SMILES string of the molecule is Clc1ccc(CSc2ncnc3sc4c(c23)CCC4)cc1. The summed E-state index contributed by atoms with van der Waals surface area (Å²) in [6, 6.07) is 8.03. The average Bonchev–Trinajstić information content (AvgIpc) is 3.07. The summed E-state index contributed by atoms with van der Waals surface area (Å²) >= 11 is 9.56. The number of aryl methyl sites for hydroxylation is 2. The van der Waals surface area contributed by atoms with E-state index in [9.17, 15) is 0 Å². The second kappa shape index (κ2) is 5.59. The van der Waals surface area contributed by atoms with Crippen molar-refractivity contribution in [1.82, 2.24) is 9.97 Å². The maximum atomic E-state index is 5.93. The van der Waals surface area contributed by atoms with Crippen LogP contribution in [0.25, 0.3) is 10.2 Å². The molecule has 0 amide bonds. The number of rotatable bonds is 3. The Labute approximate surface area is 136 Å². The van der Waals surface area contributed by atoms with Gasteiger partial charge in [-0.3, -0.25) is 0 Å². The average molecular weight is 333 g/mol. The van der Waals surface area contributed by atoms with E-state index in [0.29, 0.717) is 0 Å². The summed E-state index contributed by atoms with van der Waals surface area (Å²) in [4.78, 5) is 11.6. The molecule has 0 radical (unpaired) electrons. The smallest absolute Gasteiger partial charge is 0.128 e. The van der Waals surface area contributed by atoms with Crippen molar-refractivity contribution in [3.8, 4) is 0 Å². The molecule has 4 rings (SSSR count). The Balaban J connectivity index is 1.65. The van der Waals surface area contributed by atoms with Crippen molar-refractivity contribution in [3.63, 3.8) is 0 Å². The van der Waals surface area contributed by atoms with Gasteiger partial charge in [-0.25, -0.2) is 9.97 Å². The van der Waals surface area contributed by atoms with Gasteiger partial charge in [0, 0.05) is 21.0 Å². The van der Waals surface area contributed by atoms with Gasteiger partial charge in [-0.2, -0.15) is 0 Å². The molecule has 0 bridgehead atoms. The number of thioether (sulfide) groups is 1. The highest BCUT2D eigenvalue weighted by Crippen LogP contribution is 2.40. The highest BCUT2D eigenvalue weighted by molar-refractivity contribution is 7.98. The zero-order valence-electron chi connectivity index (χ0n) is 11.3. The molecule has 0 unspecified atom stereocenters. The number of halogens is 1. The Morgan fingerprint density at radius 3 is 2.86 bits per heavy atom. The normalized spacial score (nSPS) is 13.8. The van der Waals surface area contributed by atoms with Crippen LogP contribution in [0.2, 0.25) is 5.02 Å². The summed E-state index contributed by atoms with van der Waals surface area (Å²) in [6.45, 7) is 0. The van der Waals surface area contributed by atoms with Crippen LogP contribution in [0.15, 0.2) is 35.6 Å². The van der Waals surface area contributed by atoms with Crippen LogP contribution in [-0.2, 0) is 18.6 Å². The summed E-state index contributed by atoms with van der Waals surface area (Å²) < 4.78 is 0. The zero-order valence-corrected chi connectivity index (χ0v) is 13.7. The predicted octanol–water partition coefficient (Wildman–Crippen LogP) is 5.13. The molecule has 1 aliphatic carbocycles. The summed E-state index contributed by atoms with van der Waals surface area (Å²) in [5.74, 6) is 0.911. The lowest BCUT2D eigenvalue weighted by Crippen LogP contribution is -1.88. The van der Waals surface area contributed by atoms with Crippen molar-refractivity contribution in [2.24, 2.45) is 0 Å². The van der Waals surface area contributed by atoms with Crippen molar-refractivity contribution in [2.75, 3.05) is 0 Å². The van der Waals surface area contributed by atoms with Gasteiger partial charge in [-0.05, 0) is 42.5 Å². The molecular formula is C16H13ClN2S2. The Bertz CT molecular complexity index is 796. The number of fused-ring (bicyclic) bond motifs is 3. The summed E-state index contributed by atoms with van der Waals surface area (Å²) in [5.41, 5.74) is 2.76. The fraction of sp³-hybridized carbons (Fsp3) is 0.250. The fourth-order valence-electron chi connectivity index (χ4n) is 2.74. The lowest BCUT2D eigenvalue weighted by atomic mass is 10.2. The first kappa shape index (κ1) is 13.6. The van der Waals surface area contributed by atoms with Crippen molar-refractivity contribution < 1.29 is 0 Å². The second-order valence-electron chi connectivity index (χ2n) is 5.13.